The van der Waals surface area contributed by atoms with Gasteiger partial charge in [-0.2, -0.15) is 0 Å². The molecule has 4 heteroatoms. The van der Waals surface area contributed by atoms with E-state index < -0.39 is 0 Å². The van der Waals surface area contributed by atoms with Gasteiger partial charge in [-0.3, -0.25) is 0 Å². The summed E-state index contributed by atoms with van der Waals surface area (Å²) in [7, 11) is 0. The minimum atomic E-state index is 0. The van der Waals surface area contributed by atoms with E-state index in [0.717, 1.165) is 0 Å². The van der Waals surface area contributed by atoms with Crippen molar-refractivity contribution in [2.24, 2.45) is 0 Å². The number of hydrogen-bond donors (Lipinski definition) is 0. The molecular weight excluding hydrogens is 436 g/mol. The van der Waals surface area contributed by atoms with Crippen LogP contribution in [0.5, 0.6) is 0 Å². The third kappa shape index (κ3) is 9.66. The molecule has 16 valence electrons. The fraction of sp³-hybridized carbons (Fsp3) is 0. The second-order valence-corrected chi connectivity index (χ2v) is 0. The maximum Gasteiger partial charge on any atom is 1.00 e. The maximum atomic E-state index is 0. The van der Waals surface area contributed by atoms with Gasteiger partial charge in [0.05, 0.1) is 0 Å². The molecule has 0 aromatic carbocycles. The fourth-order valence-electron chi connectivity index (χ4n) is 0. The second kappa shape index (κ2) is 15.7. The van der Waals surface area contributed by atoms with Crippen molar-refractivity contribution in [2.45, 2.75) is 0 Å². The van der Waals surface area contributed by atoms with Crippen LogP contribution < -0.4 is 98.5 Å². The summed E-state index contributed by atoms with van der Waals surface area (Å²) in [4.78, 5) is 0. The molecule has 0 N–H and O–H groups in total. The van der Waals surface area contributed by atoms with Gasteiger partial charge in [-0.15, -0.1) is 0 Å². The quantitative estimate of drug-likeness (QED) is 0.332. The van der Waals surface area contributed by atoms with Crippen molar-refractivity contribution < 1.29 is 143 Å². The van der Waals surface area contributed by atoms with Gasteiger partial charge < -0.3 is 2.85 Å². The van der Waals surface area contributed by atoms with Gasteiger partial charge in [0.2, 0.25) is 0 Å². The molecule has 0 atom stereocenters. The van der Waals surface area contributed by atoms with Gasteiger partial charge in [-0.05, 0) is 0 Å². The van der Waals surface area contributed by atoms with Crippen molar-refractivity contribution in [1.82, 2.24) is 0 Å². The Morgan fingerprint density at radius 1 is 1.25 bits per heavy atom. The van der Waals surface area contributed by atoms with Crippen LogP contribution in [-0.4, -0.2) is 0 Å². The summed E-state index contributed by atoms with van der Waals surface area (Å²) in [6, 6.07) is 0. The van der Waals surface area contributed by atoms with Crippen molar-refractivity contribution in [2.75, 3.05) is 0 Å². The monoisotopic (exact) mass is 440 g/mol. The average Bonchev–Trinajstić information content (AvgIpc) is 0. The van der Waals surface area contributed by atoms with Gasteiger partial charge in [-0.25, -0.2) is 0 Å². The topological polar surface area (TPSA) is 0 Å². The first-order chi connectivity index (χ1) is 0. The summed E-state index contributed by atoms with van der Waals surface area (Å²) >= 11 is 0. The van der Waals surface area contributed by atoms with E-state index in [1.165, 1.54) is 0 Å². The Morgan fingerprint density at radius 2 is 1.25 bits per heavy atom. The van der Waals surface area contributed by atoms with Gasteiger partial charge in [0.25, 0.3) is 0 Å². The maximum absolute atomic E-state index is 0. The Morgan fingerprint density at radius 3 is 1.25 bits per heavy atom. The molecule has 0 heterocycles. The van der Waals surface area contributed by atoms with E-state index >= 15 is 0 Å². The predicted octanol–water partition coefficient (Wildman–Crippen LogP) is -5.77. The molecule has 0 aromatic heterocycles. The standard InChI is InChI=1S/Cs.Mo.Na.W.2H/q+1;;+1;;2*-1. The first-order valence-electron chi connectivity index (χ1n) is 0. The molecule has 0 nitrogen and oxygen atoms in total. The van der Waals surface area contributed by atoms with Crippen molar-refractivity contribution in [3.63, 3.8) is 0 Å². The zero-order valence-electron chi connectivity index (χ0n) is 4.82. The number of rotatable bonds is 0. The SMILES string of the molecule is [Cs+].[H-].[H-].[Mo].[Na+].[W]. The minimum Gasteiger partial charge on any atom is -1.00 e. The normalized spacial score (nSPS) is 0. The van der Waals surface area contributed by atoms with Crippen LogP contribution in [-0.2, 0) is 42.1 Å². The van der Waals surface area contributed by atoms with Crippen LogP contribution >= 0.6 is 0 Å². The third-order valence-electron chi connectivity index (χ3n) is 0. The summed E-state index contributed by atoms with van der Waals surface area (Å²) in [5.74, 6) is 0. The summed E-state index contributed by atoms with van der Waals surface area (Å²) < 4.78 is 0. The Kier molecular flexibility index (Phi) is 92.8. The second-order valence-electron chi connectivity index (χ2n) is 0. The Balaban J connectivity index is 0. The molecular formula is H2CsMoNaW. The molecule has 0 spiro atoms. The zero-order chi connectivity index (χ0) is 0. The molecule has 0 unspecified atom stereocenters. The van der Waals surface area contributed by atoms with Gasteiger partial charge in [-0.1, -0.05) is 0 Å². The molecule has 0 amide bonds. The molecule has 0 aromatic rings. The van der Waals surface area contributed by atoms with Crippen molar-refractivity contribution in [3.05, 3.63) is 0 Å². The van der Waals surface area contributed by atoms with Gasteiger partial charge >= 0.3 is 98.5 Å². The molecule has 0 saturated heterocycles. The van der Waals surface area contributed by atoms with Gasteiger partial charge in [0.1, 0.15) is 0 Å². The van der Waals surface area contributed by atoms with Crippen LogP contribution in [0.15, 0.2) is 0 Å². The Labute approximate surface area is 139 Å². The van der Waals surface area contributed by atoms with Crippen LogP contribution in [0, 0.1) is 0 Å². The fourth-order valence-corrected chi connectivity index (χ4v) is 0. The van der Waals surface area contributed by atoms with E-state index in [0.29, 0.717) is 0 Å². The van der Waals surface area contributed by atoms with Crippen molar-refractivity contribution in [1.29, 1.82) is 0 Å². The third-order valence-corrected chi connectivity index (χ3v) is 0. The molecule has 0 radical (unpaired) electrons. The smallest absolute Gasteiger partial charge is 1.00 e. The number of hydrogen-bond acceptors (Lipinski definition) is 0. The molecule has 0 aliphatic carbocycles. The van der Waals surface area contributed by atoms with E-state index in [2.05, 4.69) is 0 Å². The Bertz CT molecular complexity index is 13.5. The van der Waals surface area contributed by atoms with Crippen LogP contribution in [0.25, 0.3) is 0 Å². The average molecular weight is 438 g/mol. The molecule has 0 saturated carbocycles. The minimum absolute atomic E-state index is 0. The molecule has 4 heavy (non-hydrogen) atoms. The summed E-state index contributed by atoms with van der Waals surface area (Å²) in [5, 5.41) is 0. The zero-order valence-corrected chi connectivity index (χ0v) is 16.0. The summed E-state index contributed by atoms with van der Waals surface area (Å²) in [6.45, 7) is 0. The molecule has 0 rings (SSSR count). The van der Waals surface area contributed by atoms with Gasteiger partial charge in [0.15, 0.2) is 0 Å². The van der Waals surface area contributed by atoms with Crippen LogP contribution in [0.1, 0.15) is 2.85 Å². The van der Waals surface area contributed by atoms with Crippen molar-refractivity contribution >= 4 is 0 Å². The molecule has 0 aliphatic rings. The van der Waals surface area contributed by atoms with Crippen LogP contribution in [0.4, 0.5) is 0 Å². The van der Waals surface area contributed by atoms with E-state index in [-0.39, 0.29) is 143 Å². The first-order valence-corrected chi connectivity index (χ1v) is 0. The summed E-state index contributed by atoms with van der Waals surface area (Å²) in [6.07, 6.45) is 0. The van der Waals surface area contributed by atoms with Gasteiger partial charge in [0, 0.05) is 42.1 Å². The van der Waals surface area contributed by atoms with Crippen LogP contribution in [0.3, 0.4) is 0 Å². The van der Waals surface area contributed by atoms with E-state index in [1.54, 1.807) is 0 Å². The molecule has 0 bridgehead atoms. The predicted molar refractivity (Wildman–Crippen MR) is 2.22 cm³/mol. The summed E-state index contributed by atoms with van der Waals surface area (Å²) in [5.41, 5.74) is 0. The molecule has 0 aliphatic heterocycles. The molecule has 0 fully saturated rings. The largest absolute Gasteiger partial charge is 1.00 e. The van der Waals surface area contributed by atoms with Crippen LogP contribution in [0.2, 0.25) is 0 Å². The first kappa shape index (κ1) is 23.7. The van der Waals surface area contributed by atoms with E-state index in [1.807, 2.05) is 0 Å². The van der Waals surface area contributed by atoms with Crippen molar-refractivity contribution in [3.8, 4) is 0 Å². The van der Waals surface area contributed by atoms with E-state index in [9.17, 15) is 0 Å². The Hall–Kier alpha value is 4.43. The van der Waals surface area contributed by atoms with E-state index in [4.69, 9.17) is 0 Å².